The summed E-state index contributed by atoms with van der Waals surface area (Å²) in [6.07, 6.45) is 3.11. The molecule has 0 aliphatic heterocycles. The van der Waals surface area contributed by atoms with Gasteiger partial charge >= 0.3 is 0 Å². The zero-order chi connectivity index (χ0) is 12.5. The summed E-state index contributed by atoms with van der Waals surface area (Å²) in [5.41, 5.74) is 6.26. The molecule has 3 N–H and O–H groups in total. The summed E-state index contributed by atoms with van der Waals surface area (Å²) in [6.45, 7) is 0.523. The zero-order valence-electron chi connectivity index (χ0n) is 9.97. The molecule has 1 aromatic carbocycles. The number of hydrogen-bond acceptors (Lipinski definition) is 2. The lowest BCUT2D eigenvalue weighted by atomic mass is 9.62. The third kappa shape index (κ3) is 2.07. The molecular weight excluding hydrogens is 222 g/mol. The van der Waals surface area contributed by atoms with Crippen molar-refractivity contribution in [3.05, 3.63) is 35.4 Å². The topological polar surface area (TPSA) is 38.0 Å². The fraction of sp³-hybridized carbons (Fsp3) is 0.538. The van der Waals surface area contributed by atoms with E-state index in [-0.39, 0.29) is 11.5 Å². The fourth-order valence-electron chi connectivity index (χ4n) is 2.77. The van der Waals surface area contributed by atoms with Gasteiger partial charge in [0, 0.05) is 23.1 Å². The minimum atomic E-state index is -0.545. The molecule has 0 aromatic heterocycles. The summed E-state index contributed by atoms with van der Waals surface area (Å²) in [5, 5.41) is 3.13. The molecule has 1 fully saturated rings. The monoisotopic (exact) mass is 240 g/mol. The number of benzene rings is 1. The van der Waals surface area contributed by atoms with E-state index >= 15 is 0 Å². The standard InChI is InChI=1S/C13H18F2N2/c1-17-12(13(8-16)5-2-6-13)10-4-3-9(14)7-11(10)15/h3-4,7,12,17H,2,5-6,8,16H2,1H3. The van der Waals surface area contributed by atoms with E-state index in [0.29, 0.717) is 12.1 Å². The van der Waals surface area contributed by atoms with Gasteiger partial charge in [-0.05, 0) is 32.5 Å². The molecule has 0 bridgehead atoms. The first-order chi connectivity index (χ1) is 8.13. The molecule has 0 amide bonds. The van der Waals surface area contributed by atoms with Crippen LogP contribution in [0.25, 0.3) is 0 Å². The number of halogens is 2. The van der Waals surface area contributed by atoms with Crippen LogP contribution in [-0.4, -0.2) is 13.6 Å². The van der Waals surface area contributed by atoms with E-state index in [1.807, 2.05) is 0 Å². The molecule has 17 heavy (non-hydrogen) atoms. The van der Waals surface area contributed by atoms with Crippen molar-refractivity contribution in [3.63, 3.8) is 0 Å². The SMILES string of the molecule is CNC(c1ccc(F)cc1F)C1(CN)CCC1. The highest BCUT2D eigenvalue weighted by Gasteiger charge is 2.43. The Morgan fingerprint density at radius 1 is 1.41 bits per heavy atom. The van der Waals surface area contributed by atoms with Crippen molar-refractivity contribution >= 4 is 0 Å². The molecule has 1 aliphatic carbocycles. The van der Waals surface area contributed by atoms with E-state index in [2.05, 4.69) is 5.32 Å². The van der Waals surface area contributed by atoms with E-state index < -0.39 is 11.6 Å². The maximum Gasteiger partial charge on any atom is 0.130 e. The normalized spacial score (nSPS) is 19.8. The Bertz CT molecular complexity index is 397. The van der Waals surface area contributed by atoms with Crippen molar-refractivity contribution in [2.24, 2.45) is 11.1 Å². The van der Waals surface area contributed by atoms with E-state index in [0.717, 1.165) is 25.3 Å². The van der Waals surface area contributed by atoms with Crippen LogP contribution in [-0.2, 0) is 0 Å². The average molecular weight is 240 g/mol. The number of nitrogens with one attached hydrogen (secondary N) is 1. The van der Waals surface area contributed by atoms with Gasteiger partial charge in [0.1, 0.15) is 11.6 Å². The smallest absolute Gasteiger partial charge is 0.130 e. The lowest BCUT2D eigenvalue weighted by Crippen LogP contribution is -2.47. The van der Waals surface area contributed by atoms with Crippen LogP contribution < -0.4 is 11.1 Å². The predicted molar refractivity (Wildman–Crippen MR) is 63.5 cm³/mol. The number of rotatable bonds is 4. The summed E-state index contributed by atoms with van der Waals surface area (Å²) >= 11 is 0. The van der Waals surface area contributed by atoms with Crippen molar-refractivity contribution in [2.45, 2.75) is 25.3 Å². The second-order valence-corrected chi connectivity index (χ2v) is 4.81. The van der Waals surface area contributed by atoms with Gasteiger partial charge in [0.2, 0.25) is 0 Å². The molecule has 94 valence electrons. The second-order valence-electron chi connectivity index (χ2n) is 4.81. The van der Waals surface area contributed by atoms with Gasteiger partial charge in [-0.2, -0.15) is 0 Å². The Kier molecular flexibility index (Phi) is 3.45. The van der Waals surface area contributed by atoms with Crippen LogP contribution in [0.15, 0.2) is 18.2 Å². The van der Waals surface area contributed by atoms with Crippen LogP contribution in [0.2, 0.25) is 0 Å². The van der Waals surface area contributed by atoms with Gasteiger partial charge in [-0.1, -0.05) is 12.5 Å². The third-order valence-corrected chi connectivity index (χ3v) is 3.93. The average Bonchev–Trinajstić information content (AvgIpc) is 2.24. The van der Waals surface area contributed by atoms with Crippen LogP contribution in [0.5, 0.6) is 0 Å². The minimum absolute atomic E-state index is 0.0760. The number of hydrogen-bond donors (Lipinski definition) is 2. The van der Waals surface area contributed by atoms with Crippen LogP contribution >= 0.6 is 0 Å². The molecular formula is C13H18F2N2. The maximum absolute atomic E-state index is 13.8. The van der Waals surface area contributed by atoms with Gasteiger partial charge in [-0.25, -0.2) is 8.78 Å². The summed E-state index contributed by atoms with van der Waals surface area (Å²) in [7, 11) is 1.79. The van der Waals surface area contributed by atoms with Gasteiger partial charge in [0.15, 0.2) is 0 Å². The van der Waals surface area contributed by atoms with E-state index in [4.69, 9.17) is 5.73 Å². The molecule has 1 aromatic rings. The molecule has 0 heterocycles. The molecule has 0 saturated heterocycles. The lowest BCUT2D eigenvalue weighted by Gasteiger charge is -2.47. The highest BCUT2D eigenvalue weighted by atomic mass is 19.1. The maximum atomic E-state index is 13.8. The summed E-state index contributed by atoms with van der Waals surface area (Å²) in [6, 6.07) is 3.61. The largest absolute Gasteiger partial charge is 0.330 e. The molecule has 2 nitrogen and oxygen atoms in total. The van der Waals surface area contributed by atoms with Crippen LogP contribution in [0, 0.1) is 17.0 Å². The lowest BCUT2D eigenvalue weighted by molar-refractivity contribution is 0.0859. The fourth-order valence-corrected chi connectivity index (χ4v) is 2.77. The molecule has 2 rings (SSSR count). The zero-order valence-corrected chi connectivity index (χ0v) is 9.97. The minimum Gasteiger partial charge on any atom is -0.330 e. The van der Waals surface area contributed by atoms with E-state index in [9.17, 15) is 8.78 Å². The Morgan fingerprint density at radius 2 is 2.12 bits per heavy atom. The quantitative estimate of drug-likeness (QED) is 0.847. The first-order valence-corrected chi connectivity index (χ1v) is 5.95. The van der Waals surface area contributed by atoms with E-state index in [1.165, 1.54) is 12.1 Å². The van der Waals surface area contributed by atoms with Gasteiger partial charge in [0.25, 0.3) is 0 Å². The highest BCUT2D eigenvalue weighted by molar-refractivity contribution is 5.25. The first-order valence-electron chi connectivity index (χ1n) is 5.95. The van der Waals surface area contributed by atoms with Crippen molar-refractivity contribution < 1.29 is 8.78 Å². The molecule has 1 atom stereocenters. The van der Waals surface area contributed by atoms with E-state index in [1.54, 1.807) is 7.05 Å². The Morgan fingerprint density at radius 3 is 2.53 bits per heavy atom. The summed E-state index contributed by atoms with van der Waals surface area (Å²) in [4.78, 5) is 0. The number of nitrogens with two attached hydrogens (primary N) is 1. The van der Waals surface area contributed by atoms with Crippen molar-refractivity contribution in [1.82, 2.24) is 5.32 Å². The van der Waals surface area contributed by atoms with Gasteiger partial charge < -0.3 is 11.1 Å². The Labute approximate surface area is 100 Å². The molecule has 1 unspecified atom stereocenters. The van der Waals surface area contributed by atoms with Gasteiger partial charge in [-0.3, -0.25) is 0 Å². The van der Waals surface area contributed by atoms with Gasteiger partial charge in [-0.15, -0.1) is 0 Å². The van der Waals surface area contributed by atoms with Crippen LogP contribution in [0.3, 0.4) is 0 Å². The molecule has 1 saturated carbocycles. The van der Waals surface area contributed by atoms with Crippen molar-refractivity contribution in [3.8, 4) is 0 Å². The van der Waals surface area contributed by atoms with Crippen LogP contribution in [0.4, 0.5) is 8.78 Å². The third-order valence-electron chi connectivity index (χ3n) is 3.93. The second kappa shape index (κ2) is 4.70. The summed E-state index contributed by atoms with van der Waals surface area (Å²) in [5.74, 6) is -1.04. The first kappa shape index (κ1) is 12.5. The highest BCUT2D eigenvalue weighted by Crippen LogP contribution is 2.49. The molecule has 0 radical (unpaired) electrons. The van der Waals surface area contributed by atoms with Crippen molar-refractivity contribution in [1.29, 1.82) is 0 Å². The molecule has 4 heteroatoms. The predicted octanol–water partition coefficient (Wildman–Crippen LogP) is 2.35. The van der Waals surface area contributed by atoms with Gasteiger partial charge in [0.05, 0.1) is 0 Å². The molecule has 0 spiro atoms. The summed E-state index contributed by atoms with van der Waals surface area (Å²) < 4.78 is 26.7. The van der Waals surface area contributed by atoms with Crippen molar-refractivity contribution in [2.75, 3.05) is 13.6 Å². The van der Waals surface area contributed by atoms with Crippen LogP contribution in [0.1, 0.15) is 30.9 Å². The molecule has 1 aliphatic rings. The Balaban J connectivity index is 2.35. The Hall–Kier alpha value is -1.00.